The highest BCUT2D eigenvalue weighted by Crippen LogP contribution is 2.12. The van der Waals surface area contributed by atoms with Crippen LogP contribution < -0.4 is 4.74 Å². The van der Waals surface area contributed by atoms with Crippen molar-refractivity contribution in [1.29, 1.82) is 0 Å². The van der Waals surface area contributed by atoms with E-state index in [0.29, 0.717) is 0 Å². The van der Waals surface area contributed by atoms with E-state index in [1.165, 1.54) is 19.4 Å². The minimum absolute atomic E-state index is 0.0308. The van der Waals surface area contributed by atoms with Gasteiger partial charge in [0.25, 0.3) is 9.05 Å². The van der Waals surface area contributed by atoms with Gasteiger partial charge in [0.1, 0.15) is 0 Å². The molecule has 0 atom stereocenters. The van der Waals surface area contributed by atoms with Gasteiger partial charge in [0.05, 0.1) is 7.11 Å². The van der Waals surface area contributed by atoms with Gasteiger partial charge < -0.3 is 4.74 Å². The lowest BCUT2D eigenvalue weighted by atomic mass is 10.7. The summed E-state index contributed by atoms with van der Waals surface area (Å²) in [6.07, 6.45) is 1.25. The molecule has 0 amide bonds. The summed E-state index contributed by atoms with van der Waals surface area (Å²) < 4.78 is 26.0. The first-order chi connectivity index (χ1) is 5.54. The number of hydrogen-bond acceptors (Lipinski definition) is 5. The molecule has 1 heterocycles. The van der Waals surface area contributed by atoms with Gasteiger partial charge in [-0.25, -0.2) is 13.4 Å². The lowest BCUT2D eigenvalue weighted by Crippen LogP contribution is -1.98. The summed E-state index contributed by atoms with van der Waals surface area (Å²) in [5, 5.41) is -0.268. The zero-order valence-corrected chi connectivity index (χ0v) is 7.63. The predicted molar refractivity (Wildman–Crippen MR) is 41.6 cm³/mol. The number of hydrogen-bond donors (Lipinski definition) is 0. The van der Waals surface area contributed by atoms with Crippen LogP contribution in [0.1, 0.15) is 0 Å². The lowest BCUT2D eigenvalue weighted by molar-refractivity contribution is 0.375. The van der Waals surface area contributed by atoms with Crippen molar-refractivity contribution >= 4 is 19.7 Å². The monoisotopic (exact) mass is 208 g/mol. The average molecular weight is 209 g/mol. The van der Waals surface area contributed by atoms with Crippen LogP contribution in [0.2, 0.25) is 0 Å². The van der Waals surface area contributed by atoms with Gasteiger partial charge in [0.2, 0.25) is 0 Å². The smallest absolute Gasteiger partial charge is 0.317 e. The Kier molecular flexibility index (Phi) is 2.49. The summed E-state index contributed by atoms with van der Waals surface area (Å²) in [6.45, 7) is 0. The number of rotatable bonds is 2. The van der Waals surface area contributed by atoms with Crippen molar-refractivity contribution in [2.45, 2.75) is 5.03 Å². The third-order valence-corrected chi connectivity index (χ3v) is 2.24. The molecule has 0 bridgehead atoms. The van der Waals surface area contributed by atoms with E-state index in [4.69, 9.17) is 10.7 Å². The first-order valence-electron chi connectivity index (χ1n) is 2.86. The van der Waals surface area contributed by atoms with Gasteiger partial charge in [-0.1, -0.05) is 0 Å². The Balaban J connectivity index is 3.20. The van der Waals surface area contributed by atoms with E-state index in [2.05, 4.69) is 14.7 Å². The van der Waals surface area contributed by atoms with Crippen molar-refractivity contribution < 1.29 is 13.2 Å². The molecule has 0 saturated heterocycles. The number of halogens is 1. The largest absolute Gasteiger partial charge is 0.467 e. The molecule has 0 aliphatic carbocycles. The molecule has 66 valence electrons. The zero-order valence-electron chi connectivity index (χ0n) is 6.06. The fourth-order valence-corrected chi connectivity index (χ4v) is 1.23. The molecule has 0 fully saturated rings. The maximum absolute atomic E-state index is 10.7. The zero-order chi connectivity index (χ0) is 9.19. The Morgan fingerprint density at radius 2 is 2.25 bits per heavy atom. The highest BCUT2D eigenvalue weighted by molar-refractivity contribution is 8.13. The molecule has 0 aliphatic heterocycles. The Morgan fingerprint density at radius 1 is 1.58 bits per heavy atom. The molecule has 7 heteroatoms. The van der Waals surface area contributed by atoms with Gasteiger partial charge in [0.15, 0.2) is 5.03 Å². The quantitative estimate of drug-likeness (QED) is 0.520. The second-order valence-electron chi connectivity index (χ2n) is 1.82. The predicted octanol–water partition coefficient (Wildman–Crippen LogP) is 0.413. The van der Waals surface area contributed by atoms with Gasteiger partial charge >= 0.3 is 6.01 Å². The summed E-state index contributed by atoms with van der Waals surface area (Å²) in [7, 11) is 2.55. The summed E-state index contributed by atoms with van der Waals surface area (Å²) in [6, 6.07) is 1.15. The number of ether oxygens (including phenoxy) is 1. The van der Waals surface area contributed by atoms with Crippen molar-refractivity contribution in [3.63, 3.8) is 0 Å². The van der Waals surface area contributed by atoms with Gasteiger partial charge in [-0.3, -0.25) is 0 Å². The van der Waals surface area contributed by atoms with Crippen molar-refractivity contribution in [2.24, 2.45) is 0 Å². The van der Waals surface area contributed by atoms with Crippen LogP contribution in [-0.4, -0.2) is 25.5 Å². The maximum atomic E-state index is 10.7. The fourth-order valence-electron chi connectivity index (χ4n) is 0.559. The van der Waals surface area contributed by atoms with Crippen LogP contribution in [-0.2, 0) is 9.05 Å². The minimum Gasteiger partial charge on any atom is -0.467 e. The molecule has 1 aromatic heterocycles. The molecular formula is C5H5ClN2O3S. The average Bonchev–Trinajstić information content (AvgIpc) is 2.03. The molecule has 0 aromatic carbocycles. The molecule has 1 aromatic rings. The van der Waals surface area contributed by atoms with Crippen LogP contribution in [0.5, 0.6) is 6.01 Å². The summed E-state index contributed by atoms with van der Waals surface area (Å²) in [5.74, 6) is 0. The normalized spacial score (nSPS) is 11.2. The molecule has 0 saturated carbocycles. The summed E-state index contributed by atoms with van der Waals surface area (Å²) in [5.41, 5.74) is 0. The Hall–Kier alpha value is -0.880. The molecular weight excluding hydrogens is 204 g/mol. The Labute approximate surface area is 73.8 Å². The third kappa shape index (κ3) is 2.05. The highest BCUT2D eigenvalue weighted by Gasteiger charge is 2.12. The van der Waals surface area contributed by atoms with Gasteiger partial charge in [-0.05, 0) is 6.07 Å². The molecule has 0 radical (unpaired) electrons. The summed E-state index contributed by atoms with van der Waals surface area (Å²) in [4.78, 5) is 7.12. The van der Waals surface area contributed by atoms with E-state index in [1.54, 1.807) is 0 Å². The molecule has 0 N–H and O–H groups in total. The van der Waals surface area contributed by atoms with Crippen LogP contribution in [0, 0.1) is 0 Å². The second kappa shape index (κ2) is 3.24. The highest BCUT2D eigenvalue weighted by atomic mass is 35.7. The van der Waals surface area contributed by atoms with Crippen LogP contribution >= 0.6 is 10.7 Å². The number of methoxy groups -OCH3 is 1. The van der Waals surface area contributed by atoms with Crippen LogP contribution in [0.25, 0.3) is 0 Å². The first kappa shape index (κ1) is 9.21. The third-order valence-electron chi connectivity index (χ3n) is 1.04. The van der Waals surface area contributed by atoms with Gasteiger partial charge in [-0.2, -0.15) is 4.98 Å². The van der Waals surface area contributed by atoms with Gasteiger partial charge in [0, 0.05) is 16.9 Å². The lowest BCUT2D eigenvalue weighted by Gasteiger charge is -1.97. The van der Waals surface area contributed by atoms with Crippen molar-refractivity contribution in [3.05, 3.63) is 12.3 Å². The van der Waals surface area contributed by atoms with Crippen LogP contribution in [0.4, 0.5) is 0 Å². The molecule has 0 unspecified atom stereocenters. The van der Waals surface area contributed by atoms with Crippen LogP contribution in [0.3, 0.4) is 0 Å². The van der Waals surface area contributed by atoms with E-state index >= 15 is 0 Å². The topological polar surface area (TPSA) is 69.2 Å². The molecule has 0 spiro atoms. The number of aromatic nitrogens is 2. The first-order valence-corrected chi connectivity index (χ1v) is 5.16. The molecule has 12 heavy (non-hydrogen) atoms. The minimum atomic E-state index is -3.79. The SMILES string of the molecule is COc1nccc(S(=O)(=O)Cl)n1. The fraction of sp³-hybridized carbons (Fsp3) is 0.200. The Bertz CT molecular complexity index is 378. The van der Waals surface area contributed by atoms with E-state index in [0.717, 1.165) is 0 Å². The molecule has 0 aliphatic rings. The molecule has 1 rings (SSSR count). The van der Waals surface area contributed by atoms with E-state index in [1.807, 2.05) is 0 Å². The molecule has 5 nitrogen and oxygen atoms in total. The van der Waals surface area contributed by atoms with E-state index in [-0.39, 0.29) is 11.0 Å². The second-order valence-corrected chi connectivity index (χ2v) is 4.33. The standard InChI is InChI=1S/C5H5ClN2O3S/c1-11-5-7-3-2-4(8-5)12(6,9)10/h2-3H,1H3. The van der Waals surface area contributed by atoms with E-state index in [9.17, 15) is 8.42 Å². The maximum Gasteiger partial charge on any atom is 0.317 e. The van der Waals surface area contributed by atoms with Gasteiger partial charge in [-0.15, -0.1) is 0 Å². The number of nitrogens with zero attached hydrogens (tertiary/aromatic N) is 2. The Morgan fingerprint density at radius 3 is 2.75 bits per heavy atom. The summed E-state index contributed by atoms with van der Waals surface area (Å²) >= 11 is 0. The van der Waals surface area contributed by atoms with Crippen LogP contribution in [0.15, 0.2) is 17.3 Å². The van der Waals surface area contributed by atoms with E-state index < -0.39 is 9.05 Å². The van der Waals surface area contributed by atoms with Crippen molar-refractivity contribution in [3.8, 4) is 6.01 Å². The van der Waals surface area contributed by atoms with Crippen molar-refractivity contribution in [2.75, 3.05) is 7.11 Å². The van der Waals surface area contributed by atoms with Crippen molar-refractivity contribution in [1.82, 2.24) is 9.97 Å².